The van der Waals surface area contributed by atoms with Crippen molar-refractivity contribution in [1.82, 2.24) is 4.90 Å². The van der Waals surface area contributed by atoms with E-state index in [1.165, 1.54) is 109 Å². The Balaban J connectivity index is 0.00000149. The number of thiocyanates is 1. The minimum atomic E-state index is 0.951. The molecule has 0 aromatic carbocycles. The molecule has 1 aliphatic heterocycles. The molecule has 0 spiro atoms. The van der Waals surface area contributed by atoms with Crippen molar-refractivity contribution in [3.8, 4) is 5.40 Å². The first-order chi connectivity index (χ1) is 11.2. The zero-order valence-electron chi connectivity index (χ0n) is 15.7. The molecule has 3 heteroatoms. The van der Waals surface area contributed by atoms with Gasteiger partial charge in [-0.05, 0) is 31.8 Å². The first-order valence-corrected chi connectivity index (χ1v) is 10.4. The van der Waals surface area contributed by atoms with E-state index in [1.54, 1.807) is 0 Å². The zero-order chi connectivity index (χ0) is 17.2. The fourth-order valence-electron chi connectivity index (χ4n) is 3.41. The fraction of sp³-hybridized carbons (Fsp3) is 0.950. The highest BCUT2D eigenvalue weighted by atomic mass is 32.1. The van der Waals surface area contributed by atoms with Gasteiger partial charge in [-0.3, -0.25) is 0 Å². The number of thiol groups is 1. The van der Waals surface area contributed by atoms with Crippen molar-refractivity contribution in [2.75, 3.05) is 19.6 Å². The number of hydrogen-bond donors (Lipinski definition) is 1. The van der Waals surface area contributed by atoms with Crippen LogP contribution in [0.25, 0.3) is 0 Å². The maximum Gasteiger partial charge on any atom is 0.130 e. The Bertz CT molecular complexity index is 275. The summed E-state index contributed by atoms with van der Waals surface area (Å²) in [4.78, 5) is 2.67. The van der Waals surface area contributed by atoms with Crippen molar-refractivity contribution in [3.63, 3.8) is 0 Å². The molecule has 136 valence electrons. The summed E-state index contributed by atoms with van der Waals surface area (Å²) in [6, 6.07) is 0. The SMILES string of the molecule is CCCCCCCCCCCCCCN1CCC(C)C1.N#CS. The standard InChI is InChI=1S/C19H39N.CHNS/c1-3-4-5-6-7-8-9-10-11-12-13-14-16-20-17-15-19(2)18-20;2-1-3/h19H,3-18H2,1-2H3;3H. The number of unbranched alkanes of at least 4 members (excludes halogenated alkanes) is 11. The zero-order valence-corrected chi connectivity index (χ0v) is 16.6. The maximum absolute atomic E-state index is 7.18. The summed E-state index contributed by atoms with van der Waals surface area (Å²) in [5.41, 5.74) is 0. The summed E-state index contributed by atoms with van der Waals surface area (Å²) in [5.74, 6) is 0.951. The molecule has 0 bridgehead atoms. The molecule has 1 saturated heterocycles. The number of nitrogens with zero attached hydrogens (tertiary/aromatic N) is 2. The molecule has 1 unspecified atom stereocenters. The summed E-state index contributed by atoms with van der Waals surface area (Å²) in [5, 5.41) is 8.63. The third-order valence-corrected chi connectivity index (χ3v) is 4.84. The number of nitriles is 1. The maximum atomic E-state index is 7.18. The molecule has 0 aromatic heterocycles. The first kappa shape index (κ1) is 22.8. The largest absolute Gasteiger partial charge is 0.303 e. The second-order valence-corrected chi connectivity index (χ2v) is 7.38. The molecule has 0 saturated carbocycles. The molecular formula is C20H40N2S. The van der Waals surface area contributed by atoms with Crippen molar-refractivity contribution in [2.45, 2.75) is 97.3 Å². The molecule has 0 amide bonds. The van der Waals surface area contributed by atoms with Crippen LogP contribution in [0.5, 0.6) is 0 Å². The van der Waals surface area contributed by atoms with Gasteiger partial charge in [-0.25, -0.2) is 0 Å². The van der Waals surface area contributed by atoms with Gasteiger partial charge >= 0.3 is 0 Å². The Hall–Kier alpha value is -0.200. The molecule has 2 nitrogen and oxygen atoms in total. The summed E-state index contributed by atoms with van der Waals surface area (Å²) in [6.45, 7) is 8.77. The lowest BCUT2D eigenvalue weighted by atomic mass is 10.1. The highest BCUT2D eigenvalue weighted by molar-refractivity contribution is 7.85. The van der Waals surface area contributed by atoms with E-state index in [9.17, 15) is 0 Å². The highest BCUT2D eigenvalue weighted by Gasteiger charge is 2.17. The smallest absolute Gasteiger partial charge is 0.130 e. The van der Waals surface area contributed by atoms with Gasteiger partial charge in [-0.15, -0.1) is 0 Å². The summed E-state index contributed by atoms with van der Waals surface area (Å²) in [6.07, 6.45) is 18.9. The summed E-state index contributed by atoms with van der Waals surface area (Å²) < 4.78 is 0. The van der Waals surface area contributed by atoms with Crippen LogP contribution >= 0.6 is 12.6 Å². The van der Waals surface area contributed by atoms with Gasteiger partial charge in [-0.1, -0.05) is 97.1 Å². The van der Waals surface area contributed by atoms with Gasteiger partial charge in [0.25, 0.3) is 0 Å². The van der Waals surface area contributed by atoms with E-state index in [2.05, 4.69) is 31.4 Å². The Morgan fingerprint density at radius 3 is 1.74 bits per heavy atom. The van der Waals surface area contributed by atoms with Gasteiger partial charge in [0, 0.05) is 6.54 Å². The van der Waals surface area contributed by atoms with Crippen LogP contribution in [0.15, 0.2) is 0 Å². The van der Waals surface area contributed by atoms with Gasteiger partial charge in [-0.2, -0.15) is 5.26 Å². The van der Waals surface area contributed by atoms with E-state index in [0.29, 0.717) is 0 Å². The fourth-order valence-corrected chi connectivity index (χ4v) is 3.41. The molecular weight excluding hydrogens is 300 g/mol. The van der Waals surface area contributed by atoms with Crippen LogP contribution in [0.3, 0.4) is 0 Å². The topological polar surface area (TPSA) is 27.0 Å². The van der Waals surface area contributed by atoms with Crippen LogP contribution in [0.2, 0.25) is 0 Å². The minimum Gasteiger partial charge on any atom is -0.303 e. The minimum absolute atomic E-state index is 0.951. The van der Waals surface area contributed by atoms with E-state index in [1.807, 2.05) is 0 Å². The second-order valence-electron chi connectivity index (χ2n) is 7.18. The molecule has 1 atom stereocenters. The van der Waals surface area contributed by atoms with Crippen LogP contribution in [0.1, 0.15) is 97.3 Å². The van der Waals surface area contributed by atoms with Crippen molar-refractivity contribution < 1.29 is 0 Å². The second kappa shape index (κ2) is 18.1. The van der Waals surface area contributed by atoms with Gasteiger partial charge in [0.2, 0.25) is 0 Å². The predicted molar refractivity (Wildman–Crippen MR) is 106 cm³/mol. The average molecular weight is 341 g/mol. The van der Waals surface area contributed by atoms with Crippen LogP contribution in [0.4, 0.5) is 0 Å². The third kappa shape index (κ3) is 16.4. The summed E-state index contributed by atoms with van der Waals surface area (Å²) >= 11 is 3.09. The van der Waals surface area contributed by atoms with Crippen LogP contribution in [-0.4, -0.2) is 24.5 Å². The normalized spacial score (nSPS) is 17.6. The molecule has 0 N–H and O–H groups in total. The van der Waals surface area contributed by atoms with Crippen LogP contribution in [-0.2, 0) is 0 Å². The van der Waals surface area contributed by atoms with E-state index in [-0.39, 0.29) is 0 Å². The van der Waals surface area contributed by atoms with E-state index in [4.69, 9.17) is 5.26 Å². The van der Waals surface area contributed by atoms with E-state index in [0.717, 1.165) is 5.92 Å². The van der Waals surface area contributed by atoms with Crippen molar-refractivity contribution in [3.05, 3.63) is 0 Å². The molecule has 1 heterocycles. The Kier molecular flexibility index (Phi) is 18.0. The predicted octanol–water partition coefficient (Wildman–Crippen LogP) is 6.43. The number of likely N-dealkylation sites (tertiary alicyclic amines) is 1. The molecule has 0 radical (unpaired) electrons. The van der Waals surface area contributed by atoms with Crippen molar-refractivity contribution in [2.24, 2.45) is 5.92 Å². The van der Waals surface area contributed by atoms with Gasteiger partial charge < -0.3 is 4.90 Å². The van der Waals surface area contributed by atoms with Gasteiger partial charge in [0.1, 0.15) is 5.40 Å². The average Bonchev–Trinajstić information content (AvgIpc) is 2.95. The monoisotopic (exact) mass is 340 g/mol. The Labute approximate surface area is 151 Å². The highest BCUT2D eigenvalue weighted by Crippen LogP contribution is 2.16. The van der Waals surface area contributed by atoms with Gasteiger partial charge in [0.05, 0.1) is 0 Å². The van der Waals surface area contributed by atoms with E-state index >= 15 is 0 Å². The van der Waals surface area contributed by atoms with Gasteiger partial charge in [0.15, 0.2) is 0 Å². The van der Waals surface area contributed by atoms with Crippen LogP contribution in [0, 0.1) is 16.6 Å². The third-order valence-electron chi connectivity index (χ3n) is 4.84. The molecule has 1 aliphatic rings. The Morgan fingerprint density at radius 1 is 0.913 bits per heavy atom. The molecule has 23 heavy (non-hydrogen) atoms. The lowest BCUT2D eigenvalue weighted by Gasteiger charge is -2.14. The number of hydrogen-bond acceptors (Lipinski definition) is 3. The quantitative estimate of drug-likeness (QED) is 0.238. The number of rotatable bonds is 13. The molecule has 1 fully saturated rings. The van der Waals surface area contributed by atoms with E-state index < -0.39 is 0 Å². The summed E-state index contributed by atoms with van der Waals surface area (Å²) in [7, 11) is 0. The lowest BCUT2D eigenvalue weighted by molar-refractivity contribution is 0.317. The molecule has 0 aromatic rings. The molecule has 0 aliphatic carbocycles. The first-order valence-electron chi connectivity index (χ1n) is 10.00. The van der Waals surface area contributed by atoms with Crippen molar-refractivity contribution >= 4 is 12.6 Å². The van der Waals surface area contributed by atoms with Crippen molar-refractivity contribution in [1.29, 1.82) is 5.26 Å². The Morgan fingerprint density at radius 2 is 1.35 bits per heavy atom. The molecule has 1 rings (SSSR count). The lowest BCUT2D eigenvalue weighted by Crippen LogP contribution is -2.21. The van der Waals surface area contributed by atoms with Crippen LogP contribution < -0.4 is 0 Å².